The second-order valence-electron chi connectivity index (χ2n) is 3.72. The number of aryl methyl sites for hydroxylation is 1. The molecule has 18 heavy (non-hydrogen) atoms. The maximum Gasteiger partial charge on any atom is 0.292 e. The van der Waals surface area contributed by atoms with Gasteiger partial charge in [0.05, 0.1) is 17.2 Å². The minimum absolute atomic E-state index is 0.0586. The molecule has 0 bridgehead atoms. The van der Waals surface area contributed by atoms with Gasteiger partial charge < -0.3 is 5.32 Å². The summed E-state index contributed by atoms with van der Waals surface area (Å²) in [5, 5.41) is 13.8. The number of nitrogens with one attached hydrogen (secondary N) is 1. The number of hydrogen-bond donors (Lipinski definition) is 1. The highest BCUT2D eigenvalue weighted by atomic mass is 16.6. The van der Waals surface area contributed by atoms with Gasteiger partial charge in [0.25, 0.3) is 5.69 Å². The topological polar surface area (TPSA) is 81.0 Å². The lowest BCUT2D eigenvalue weighted by molar-refractivity contribution is -0.384. The van der Waals surface area contributed by atoms with Gasteiger partial charge in [-0.15, -0.1) is 0 Å². The average Bonchev–Trinajstić information content (AvgIpc) is 2.37. The van der Waals surface area contributed by atoms with Gasteiger partial charge in [-0.1, -0.05) is 12.1 Å². The van der Waals surface area contributed by atoms with Crippen molar-refractivity contribution in [2.75, 3.05) is 5.32 Å². The molecule has 0 aliphatic carbocycles. The van der Waals surface area contributed by atoms with Crippen LogP contribution in [0.5, 0.6) is 0 Å². The fraction of sp³-hybridized carbons (Fsp3) is 0.167. The molecule has 1 N–H and O–H groups in total. The fourth-order valence-electron chi connectivity index (χ4n) is 1.57. The van der Waals surface area contributed by atoms with Crippen molar-refractivity contribution in [3.63, 3.8) is 0 Å². The summed E-state index contributed by atoms with van der Waals surface area (Å²) in [5.74, 6) is 0.678. The van der Waals surface area contributed by atoms with E-state index < -0.39 is 4.92 Å². The molecular weight excluding hydrogens is 232 g/mol. The monoisotopic (exact) mass is 244 g/mol. The van der Waals surface area contributed by atoms with Gasteiger partial charge >= 0.3 is 0 Å². The zero-order valence-electron chi connectivity index (χ0n) is 9.83. The van der Waals surface area contributed by atoms with Crippen LogP contribution in [0.3, 0.4) is 0 Å². The third kappa shape index (κ3) is 2.79. The highest BCUT2D eigenvalue weighted by molar-refractivity contribution is 5.61. The Bertz CT molecular complexity index is 572. The third-order valence-corrected chi connectivity index (χ3v) is 2.39. The van der Waals surface area contributed by atoms with Gasteiger partial charge in [-0.05, 0) is 19.1 Å². The maximum atomic E-state index is 10.8. The Balaban J connectivity index is 2.13. The van der Waals surface area contributed by atoms with Crippen molar-refractivity contribution in [1.29, 1.82) is 0 Å². The van der Waals surface area contributed by atoms with Gasteiger partial charge in [-0.25, -0.2) is 9.97 Å². The number of rotatable bonds is 4. The zero-order valence-corrected chi connectivity index (χ0v) is 9.83. The lowest BCUT2D eigenvalue weighted by Gasteiger charge is -2.06. The maximum absolute atomic E-state index is 10.8. The van der Waals surface area contributed by atoms with Crippen molar-refractivity contribution in [2.45, 2.75) is 13.5 Å². The Labute approximate surface area is 104 Å². The molecule has 92 valence electrons. The summed E-state index contributed by atoms with van der Waals surface area (Å²) < 4.78 is 0. The van der Waals surface area contributed by atoms with Crippen LogP contribution >= 0.6 is 0 Å². The molecule has 6 heteroatoms. The molecule has 1 aromatic heterocycles. The molecule has 0 aliphatic rings. The van der Waals surface area contributed by atoms with Gasteiger partial charge in [0, 0.05) is 12.3 Å². The van der Waals surface area contributed by atoms with E-state index in [1.165, 1.54) is 6.07 Å². The molecule has 0 atom stereocenters. The molecule has 2 rings (SSSR count). The Hall–Kier alpha value is -2.50. The lowest BCUT2D eigenvalue weighted by Crippen LogP contribution is -2.05. The number of benzene rings is 1. The molecule has 0 radical (unpaired) electrons. The van der Waals surface area contributed by atoms with Crippen LogP contribution in [-0.4, -0.2) is 14.9 Å². The molecule has 6 nitrogen and oxygen atoms in total. The average molecular weight is 244 g/mol. The van der Waals surface area contributed by atoms with Crippen LogP contribution in [0.15, 0.2) is 36.5 Å². The van der Waals surface area contributed by atoms with E-state index in [-0.39, 0.29) is 5.69 Å². The molecule has 0 unspecified atom stereocenters. The summed E-state index contributed by atoms with van der Waals surface area (Å²) in [6, 6.07) is 8.30. The van der Waals surface area contributed by atoms with Crippen molar-refractivity contribution in [2.24, 2.45) is 0 Å². The van der Waals surface area contributed by atoms with E-state index in [2.05, 4.69) is 15.3 Å². The summed E-state index contributed by atoms with van der Waals surface area (Å²) in [6.45, 7) is 2.22. The Morgan fingerprint density at radius 3 is 2.83 bits per heavy atom. The molecule has 1 aromatic carbocycles. The van der Waals surface area contributed by atoms with Gasteiger partial charge in [0.2, 0.25) is 0 Å². The van der Waals surface area contributed by atoms with Crippen LogP contribution < -0.4 is 5.32 Å². The van der Waals surface area contributed by atoms with Crippen molar-refractivity contribution < 1.29 is 4.92 Å². The highest BCUT2D eigenvalue weighted by Crippen LogP contribution is 2.23. The fourth-order valence-corrected chi connectivity index (χ4v) is 1.57. The highest BCUT2D eigenvalue weighted by Gasteiger charge is 2.11. The normalized spacial score (nSPS) is 10.1. The number of hydrogen-bond acceptors (Lipinski definition) is 5. The van der Waals surface area contributed by atoms with Gasteiger partial charge in [-0.3, -0.25) is 10.1 Å². The molecule has 2 aromatic rings. The number of para-hydroxylation sites is 2. The molecule has 0 saturated heterocycles. The number of nitrogens with zero attached hydrogens (tertiary/aromatic N) is 3. The molecular formula is C12H12N4O2. The summed E-state index contributed by atoms with van der Waals surface area (Å²) >= 11 is 0. The minimum Gasteiger partial charge on any atom is -0.374 e. The third-order valence-electron chi connectivity index (χ3n) is 2.39. The smallest absolute Gasteiger partial charge is 0.292 e. The van der Waals surface area contributed by atoms with Crippen LogP contribution in [0.2, 0.25) is 0 Å². The largest absolute Gasteiger partial charge is 0.374 e. The number of nitro benzene ring substituents is 1. The Kier molecular flexibility index (Phi) is 3.47. The first kappa shape index (κ1) is 12.0. The van der Waals surface area contributed by atoms with E-state index in [1.807, 2.05) is 0 Å². The van der Waals surface area contributed by atoms with E-state index in [4.69, 9.17) is 0 Å². The first-order chi connectivity index (χ1) is 8.66. The summed E-state index contributed by atoms with van der Waals surface area (Å²) in [5.41, 5.74) is 1.34. The molecule has 0 fully saturated rings. The van der Waals surface area contributed by atoms with E-state index in [0.29, 0.717) is 18.1 Å². The van der Waals surface area contributed by atoms with Gasteiger partial charge in [-0.2, -0.15) is 0 Å². The predicted molar refractivity (Wildman–Crippen MR) is 67.2 cm³/mol. The molecule has 1 heterocycles. The van der Waals surface area contributed by atoms with E-state index in [9.17, 15) is 10.1 Å². The predicted octanol–water partition coefficient (Wildman–Crippen LogP) is 2.31. The van der Waals surface area contributed by atoms with Crippen LogP contribution in [0.4, 0.5) is 11.4 Å². The molecule has 0 amide bonds. The van der Waals surface area contributed by atoms with Crippen LogP contribution in [0, 0.1) is 17.0 Å². The Morgan fingerprint density at radius 2 is 2.11 bits per heavy atom. The van der Waals surface area contributed by atoms with Crippen LogP contribution in [0.1, 0.15) is 11.5 Å². The van der Waals surface area contributed by atoms with Gasteiger partial charge in [0.15, 0.2) is 0 Å². The van der Waals surface area contributed by atoms with Gasteiger partial charge in [0.1, 0.15) is 11.5 Å². The zero-order chi connectivity index (χ0) is 13.0. The van der Waals surface area contributed by atoms with Crippen molar-refractivity contribution in [1.82, 2.24) is 9.97 Å². The Morgan fingerprint density at radius 1 is 1.33 bits per heavy atom. The van der Waals surface area contributed by atoms with Crippen LogP contribution in [-0.2, 0) is 6.54 Å². The number of nitro groups is 1. The second kappa shape index (κ2) is 5.22. The van der Waals surface area contributed by atoms with Crippen molar-refractivity contribution >= 4 is 11.4 Å². The van der Waals surface area contributed by atoms with E-state index >= 15 is 0 Å². The quantitative estimate of drug-likeness (QED) is 0.659. The van der Waals surface area contributed by atoms with Crippen LogP contribution in [0.25, 0.3) is 0 Å². The lowest BCUT2D eigenvalue weighted by atomic mass is 10.2. The van der Waals surface area contributed by atoms with E-state index in [1.54, 1.807) is 37.4 Å². The number of anilines is 1. The molecule has 0 spiro atoms. The van der Waals surface area contributed by atoms with Crippen molar-refractivity contribution in [3.05, 3.63) is 58.2 Å². The van der Waals surface area contributed by atoms with Crippen molar-refractivity contribution in [3.8, 4) is 0 Å². The summed E-state index contributed by atoms with van der Waals surface area (Å²) in [4.78, 5) is 18.6. The first-order valence-corrected chi connectivity index (χ1v) is 5.42. The summed E-state index contributed by atoms with van der Waals surface area (Å²) in [7, 11) is 0. The van der Waals surface area contributed by atoms with E-state index in [0.717, 1.165) is 5.69 Å². The first-order valence-electron chi connectivity index (χ1n) is 5.42. The second-order valence-corrected chi connectivity index (χ2v) is 3.72. The molecule has 0 saturated carbocycles. The summed E-state index contributed by atoms with van der Waals surface area (Å²) in [6.07, 6.45) is 1.67. The molecule has 0 aliphatic heterocycles. The number of aromatic nitrogens is 2. The standard InChI is InChI=1S/C12H12N4O2/c1-9-13-7-6-10(15-9)8-14-11-4-2-3-5-12(11)16(17)18/h2-7,14H,8H2,1H3. The minimum atomic E-state index is -0.409. The SMILES string of the molecule is Cc1nccc(CNc2ccccc2[N+](=O)[O-])n1.